The molecule has 0 aliphatic heterocycles. The molecule has 0 bridgehead atoms. The van der Waals surface area contributed by atoms with Crippen LogP contribution >= 0.6 is 0 Å². The number of aryl methyl sites for hydroxylation is 2. The molecule has 0 atom stereocenters. The third-order valence-corrected chi connectivity index (χ3v) is 3.18. The lowest BCUT2D eigenvalue weighted by Crippen LogP contribution is -2.05. The van der Waals surface area contributed by atoms with Gasteiger partial charge in [0.1, 0.15) is 5.82 Å². The van der Waals surface area contributed by atoms with Crippen molar-refractivity contribution in [2.45, 2.75) is 20.4 Å². The minimum Gasteiger partial charge on any atom is -0.377 e. The smallest absolute Gasteiger partial charge is 0.340 e. The molecule has 3 rings (SSSR count). The first-order valence-corrected chi connectivity index (χ1v) is 6.37. The van der Waals surface area contributed by atoms with E-state index >= 15 is 0 Å². The summed E-state index contributed by atoms with van der Waals surface area (Å²) in [5.74, 6) is 0.573. The predicted octanol–water partition coefficient (Wildman–Crippen LogP) is 1.88. The fraction of sp³-hybridized carbons (Fsp3) is 0.214. The Kier molecular flexibility index (Phi) is 2.98. The second kappa shape index (κ2) is 4.80. The third kappa shape index (κ3) is 2.27. The van der Waals surface area contributed by atoms with E-state index in [0.29, 0.717) is 12.4 Å². The molecule has 102 valence electrons. The van der Waals surface area contributed by atoms with Gasteiger partial charge in [-0.3, -0.25) is 9.97 Å². The van der Waals surface area contributed by atoms with E-state index in [-0.39, 0.29) is 5.69 Å². The van der Waals surface area contributed by atoms with E-state index in [4.69, 9.17) is 0 Å². The van der Waals surface area contributed by atoms with Gasteiger partial charge < -0.3 is 5.32 Å². The van der Waals surface area contributed by atoms with Crippen LogP contribution < -0.4 is 11.0 Å². The van der Waals surface area contributed by atoms with Crippen LogP contribution in [0, 0.1) is 13.8 Å². The highest BCUT2D eigenvalue weighted by Gasteiger charge is 2.06. The summed E-state index contributed by atoms with van der Waals surface area (Å²) < 4.78 is 0. The molecule has 0 aliphatic carbocycles. The molecular weight excluding hydrogens is 254 g/mol. The van der Waals surface area contributed by atoms with Crippen LogP contribution in [-0.4, -0.2) is 20.2 Å². The number of fused-ring (bicyclic) bond motifs is 1. The van der Waals surface area contributed by atoms with Gasteiger partial charge in [0, 0.05) is 17.3 Å². The van der Waals surface area contributed by atoms with E-state index in [1.165, 1.54) is 5.56 Å². The van der Waals surface area contributed by atoms with Crippen LogP contribution in [0.3, 0.4) is 0 Å². The number of hydrogen-bond acceptors (Lipinski definition) is 4. The van der Waals surface area contributed by atoms with Crippen molar-refractivity contribution >= 4 is 16.6 Å². The molecule has 6 nitrogen and oxygen atoms in total. The molecule has 2 heterocycles. The van der Waals surface area contributed by atoms with Crippen LogP contribution in [0.2, 0.25) is 0 Å². The summed E-state index contributed by atoms with van der Waals surface area (Å²) >= 11 is 0. The van der Waals surface area contributed by atoms with Gasteiger partial charge in [0.05, 0.1) is 12.1 Å². The molecule has 0 aliphatic rings. The number of aromatic amines is 2. The van der Waals surface area contributed by atoms with Gasteiger partial charge in [-0.2, -0.15) is 5.10 Å². The molecule has 1 aromatic carbocycles. The molecule has 0 fully saturated rings. The fourth-order valence-corrected chi connectivity index (χ4v) is 2.33. The standard InChI is InChI=1S/C14H15N5O/c1-8-5-9(2)13-10(6-8)11(3-4-15-13)16-7-12-17-14(20)19-18-12/h3-6H,7H2,1-2H3,(H,15,16)(H2,17,18,19,20). The minimum atomic E-state index is -0.298. The highest BCUT2D eigenvalue weighted by molar-refractivity contribution is 5.93. The second-order valence-corrected chi connectivity index (χ2v) is 4.81. The number of benzene rings is 1. The minimum absolute atomic E-state index is 0.298. The van der Waals surface area contributed by atoms with Crippen LogP contribution in [0.5, 0.6) is 0 Å². The molecule has 0 saturated carbocycles. The topological polar surface area (TPSA) is 86.5 Å². The molecule has 3 N–H and O–H groups in total. The lowest BCUT2D eigenvalue weighted by molar-refractivity contribution is 0.954. The Labute approximate surface area is 115 Å². The van der Waals surface area contributed by atoms with Gasteiger partial charge in [0.2, 0.25) is 0 Å². The van der Waals surface area contributed by atoms with Crippen molar-refractivity contribution in [3.8, 4) is 0 Å². The summed E-state index contributed by atoms with van der Waals surface area (Å²) in [5, 5.41) is 10.6. The van der Waals surface area contributed by atoms with Crippen molar-refractivity contribution in [3.63, 3.8) is 0 Å². The van der Waals surface area contributed by atoms with Crippen LogP contribution in [-0.2, 0) is 6.54 Å². The average Bonchev–Trinajstić information content (AvgIpc) is 2.82. The number of anilines is 1. The third-order valence-electron chi connectivity index (χ3n) is 3.18. The van der Waals surface area contributed by atoms with E-state index in [9.17, 15) is 4.79 Å². The quantitative estimate of drug-likeness (QED) is 0.677. The Morgan fingerprint density at radius 3 is 2.90 bits per heavy atom. The van der Waals surface area contributed by atoms with Gasteiger partial charge in [0.25, 0.3) is 0 Å². The van der Waals surface area contributed by atoms with Crippen molar-refractivity contribution in [2.75, 3.05) is 5.32 Å². The van der Waals surface area contributed by atoms with Gasteiger partial charge in [0.15, 0.2) is 0 Å². The highest BCUT2D eigenvalue weighted by atomic mass is 16.1. The molecule has 2 aromatic heterocycles. The first kappa shape index (κ1) is 12.4. The van der Waals surface area contributed by atoms with Gasteiger partial charge in [-0.25, -0.2) is 9.89 Å². The summed E-state index contributed by atoms with van der Waals surface area (Å²) in [7, 11) is 0. The van der Waals surface area contributed by atoms with Crippen molar-refractivity contribution in [2.24, 2.45) is 0 Å². The van der Waals surface area contributed by atoms with Crippen molar-refractivity contribution in [1.82, 2.24) is 20.2 Å². The van der Waals surface area contributed by atoms with Crippen LogP contribution in [0.1, 0.15) is 17.0 Å². The zero-order valence-electron chi connectivity index (χ0n) is 11.3. The lowest BCUT2D eigenvalue weighted by atomic mass is 10.1. The van der Waals surface area contributed by atoms with E-state index in [2.05, 4.69) is 51.5 Å². The van der Waals surface area contributed by atoms with Crippen LogP contribution in [0.4, 0.5) is 5.69 Å². The molecular formula is C14H15N5O. The number of aromatic nitrogens is 4. The number of nitrogens with zero attached hydrogens (tertiary/aromatic N) is 2. The van der Waals surface area contributed by atoms with Crippen molar-refractivity contribution < 1.29 is 0 Å². The van der Waals surface area contributed by atoms with E-state index < -0.39 is 0 Å². The predicted molar refractivity (Wildman–Crippen MR) is 77.8 cm³/mol. The zero-order chi connectivity index (χ0) is 14.1. The summed E-state index contributed by atoms with van der Waals surface area (Å²) in [6.45, 7) is 4.57. The normalized spacial score (nSPS) is 10.9. The van der Waals surface area contributed by atoms with Gasteiger partial charge >= 0.3 is 5.69 Å². The maximum absolute atomic E-state index is 11.0. The van der Waals surface area contributed by atoms with E-state index in [1.54, 1.807) is 6.20 Å². The summed E-state index contributed by atoms with van der Waals surface area (Å²) in [5.41, 5.74) is 4.01. The van der Waals surface area contributed by atoms with E-state index in [0.717, 1.165) is 22.2 Å². The Bertz CT molecular complexity index is 818. The highest BCUT2D eigenvalue weighted by Crippen LogP contribution is 2.25. The van der Waals surface area contributed by atoms with Crippen LogP contribution in [0.25, 0.3) is 10.9 Å². The van der Waals surface area contributed by atoms with Gasteiger partial charge in [-0.05, 0) is 31.5 Å². The summed E-state index contributed by atoms with van der Waals surface area (Å²) in [4.78, 5) is 18.0. The van der Waals surface area contributed by atoms with Crippen molar-refractivity contribution in [1.29, 1.82) is 0 Å². The monoisotopic (exact) mass is 269 g/mol. The Morgan fingerprint density at radius 2 is 2.15 bits per heavy atom. The number of H-pyrrole nitrogens is 2. The first-order chi connectivity index (χ1) is 9.63. The number of hydrogen-bond donors (Lipinski definition) is 3. The van der Waals surface area contributed by atoms with E-state index in [1.807, 2.05) is 6.07 Å². The van der Waals surface area contributed by atoms with Gasteiger partial charge in [-0.15, -0.1) is 0 Å². The Morgan fingerprint density at radius 1 is 1.30 bits per heavy atom. The van der Waals surface area contributed by atoms with Gasteiger partial charge in [-0.1, -0.05) is 11.6 Å². The summed E-state index contributed by atoms with van der Waals surface area (Å²) in [6, 6.07) is 6.14. The molecule has 6 heteroatoms. The number of rotatable bonds is 3. The van der Waals surface area contributed by atoms with Crippen molar-refractivity contribution in [3.05, 3.63) is 51.8 Å². The fourth-order valence-electron chi connectivity index (χ4n) is 2.33. The first-order valence-electron chi connectivity index (χ1n) is 6.37. The SMILES string of the molecule is Cc1cc(C)c2nccc(NCc3n[nH]c(=O)[nH]3)c2c1. The number of pyridine rings is 1. The molecule has 0 amide bonds. The molecule has 3 aromatic rings. The molecule has 0 saturated heterocycles. The van der Waals surface area contributed by atoms with Crippen LogP contribution in [0.15, 0.2) is 29.2 Å². The molecule has 0 spiro atoms. The summed E-state index contributed by atoms with van der Waals surface area (Å²) in [6.07, 6.45) is 1.78. The number of nitrogens with one attached hydrogen (secondary N) is 3. The maximum Gasteiger partial charge on any atom is 0.340 e. The average molecular weight is 269 g/mol. The Hall–Kier alpha value is -2.63. The molecule has 20 heavy (non-hydrogen) atoms. The molecule has 0 unspecified atom stereocenters. The largest absolute Gasteiger partial charge is 0.377 e. The zero-order valence-corrected chi connectivity index (χ0v) is 11.3. The Balaban J connectivity index is 1.97. The lowest BCUT2D eigenvalue weighted by Gasteiger charge is -2.10. The molecule has 0 radical (unpaired) electrons. The second-order valence-electron chi connectivity index (χ2n) is 4.81. The maximum atomic E-state index is 11.0.